The van der Waals surface area contributed by atoms with Gasteiger partial charge in [0.2, 0.25) is 0 Å². The summed E-state index contributed by atoms with van der Waals surface area (Å²) >= 11 is 0. The van der Waals surface area contributed by atoms with Crippen LogP contribution in [0.4, 0.5) is 4.39 Å². The fourth-order valence-corrected chi connectivity index (χ4v) is 3.48. The summed E-state index contributed by atoms with van der Waals surface area (Å²) in [4.78, 5) is 2.35. The lowest BCUT2D eigenvalue weighted by atomic mass is 9.84. The third-order valence-electron chi connectivity index (χ3n) is 4.78. The molecule has 1 aliphatic heterocycles. The molecule has 0 aromatic heterocycles. The second-order valence-electron chi connectivity index (χ2n) is 6.08. The molecule has 3 heteroatoms. The van der Waals surface area contributed by atoms with Crippen LogP contribution in [0.3, 0.4) is 0 Å². The summed E-state index contributed by atoms with van der Waals surface area (Å²) < 4.78 is 13.5. The van der Waals surface area contributed by atoms with Crippen LogP contribution in [0.15, 0.2) is 18.2 Å². The fourth-order valence-electron chi connectivity index (χ4n) is 3.48. The summed E-state index contributed by atoms with van der Waals surface area (Å²) in [5, 5.41) is 10.1. The first kappa shape index (κ1) is 13.1. The Hall–Kier alpha value is -0.930. The van der Waals surface area contributed by atoms with E-state index < -0.39 is 0 Å². The Labute approximate surface area is 114 Å². The summed E-state index contributed by atoms with van der Waals surface area (Å²) in [6, 6.07) is 5.49. The number of likely N-dealkylation sites (tertiary alicyclic amines) is 1. The molecule has 1 fully saturated rings. The lowest BCUT2D eigenvalue weighted by molar-refractivity contribution is 0.00602. The Kier molecular flexibility index (Phi) is 3.59. The number of hydrogen-bond acceptors (Lipinski definition) is 2. The number of nitrogens with zero attached hydrogens (tertiary/aromatic N) is 1. The average Bonchev–Trinajstić information content (AvgIpc) is 2.41. The maximum Gasteiger partial charge on any atom is 0.123 e. The Balaban J connectivity index is 1.85. The quantitative estimate of drug-likeness (QED) is 0.842. The van der Waals surface area contributed by atoms with Crippen molar-refractivity contribution in [2.45, 2.75) is 44.8 Å². The predicted molar refractivity (Wildman–Crippen MR) is 73.4 cm³/mol. The van der Waals surface area contributed by atoms with E-state index in [1.165, 1.54) is 5.56 Å². The van der Waals surface area contributed by atoms with Gasteiger partial charge in [0.05, 0.1) is 6.10 Å². The average molecular weight is 263 g/mol. The Bertz CT molecular complexity index is 462. The first-order valence-electron chi connectivity index (χ1n) is 7.35. The van der Waals surface area contributed by atoms with Crippen LogP contribution in [0.1, 0.15) is 43.4 Å². The molecule has 0 spiro atoms. The van der Waals surface area contributed by atoms with Crippen LogP contribution in [-0.2, 0) is 6.42 Å². The number of β-amino-alcohol motifs (C(OH)–C–C–N with tert-alkyl or cyclic N) is 1. The van der Waals surface area contributed by atoms with Gasteiger partial charge in [0, 0.05) is 12.6 Å². The standard InChI is InChI=1S/C16H22FNO/c1-11-7-8-18(10-16(11)19)15-4-2-3-12-5-6-13(17)9-14(12)15/h5-6,9,11,15-16,19H,2-4,7-8,10H2,1H3. The van der Waals surface area contributed by atoms with Crippen LogP contribution in [0.2, 0.25) is 0 Å². The second kappa shape index (κ2) is 5.22. The lowest BCUT2D eigenvalue weighted by Gasteiger charge is -2.41. The minimum absolute atomic E-state index is 0.142. The van der Waals surface area contributed by atoms with Crippen molar-refractivity contribution in [1.82, 2.24) is 4.90 Å². The zero-order valence-electron chi connectivity index (χ0n) is 11.5. The van der Waals surface area contributed by atoms with Crippen LogP contribution < -0.4 is 0 Å². The highest BCUT2D eigenvalue weighted by atomic mass is 19.1. The number of aliphatic hydroxyl groups excluding tert-OH is 1. The van der Waals surface area contributed by atoms with Crippen molar-refractivity contribution >= 4 is 0 Å². The molecule has 3 rings (SSSR count). The zero-order chi connectivity index (χ0) is 13.4. The molecule has 1 saturated heterocycles. The van der Waals surface area contributed by atoms with Crippen LogP contribution >= 0.6 is 0 Å². The molecule has 1 aromatic rings. The molecular weight excluding hydrogens is 241 g/mol. The van der Waals surface area contributed by atoms with Crippen LogP contribution in [0, 0.1) is 11.7 Å². The fraction of sp³-hybridized carbons (Fsp3) is 0.625. The minimum Gasteiger partial charge on any atom is -0.392 e. The second-order valence-corrected chi connectivity index (χ2v) is 6.08. The van der Waals surface area contributed by atoms with Crippen molar-refractivity contribution < 1.29 is 9.50 Å². The summed E-state index contributed by atoms with van der Waals surface area (Å²) in [6.07, 6.45) is 4.08. The summed E-state index contributed by atoms with van der Waals surface area (Å²) in [5.41, 5.74) is 2.43. The maximum atomic E-state index is 13.5. The van der Waals surface area contributed by atoms with Gasteiger partial charge in [-0.05, 0) is 61.4 Å². The highest BCUT2D eigenvalue weighted by Crippen LogP contribution is 2.36. The molecule has 1 aliphatic carbocycles. The molecule has 0 bridgehead atoms. The van der Waals surface area contributed by atoms with Crippen molar-refractivity contribution in [2.24, 2.45) is 5.92 Å². The van der Waals surface area contributed by atoms with Crippen molar-refractivity contribution in [2.75, 3.05) is 13.1 Å². The molecule has 2 aliphatic rings. The molecule has 104 valence electrons. The molecule has 2 nitrogen and oxygen atoms in total. The maximum absolute atomic E-state index is 13.5. The van der Waals surface area contributed by atoms with Gasteiger partial charge >= 0.3 is 0 Å². The van der Waals surface area contributed by atoms with Crippen LogP contribution in [0.5, 0.6) is 0 Å². The Morgan fingerprint density at radius 1 is 1.32 bits per heavy atom. The third kappa shape index (κ3) is 2.54. The predicted octanol–water partition coefficient (Wildman–Crippen LogP) is 2.91. The van der Waals surface area contributed by atoms with E-state index in [2.05, 4.69) is 11.8 Å². The van der Waals surface area contributed by atoms with Gasteiger partial charge in [-0.2, -0.15) is 0 Å². The first-order valence-corrected chi connectivity index (χ1v) is 7.35. The van der Waals surface area contributed by atoms with E-state index in [1.54, 1.807) is 12.1 Å². The van der Waals surface area contributed by atoms with E-state index in [-0.39, 0.29) is 11.9 Å². The molecule has 1 N–H and O–H groups in total. The molecule has 0 amide bonds. The lowest BCUT2D eigenvalue weighted by Crippen LogP contribution is -2.45. The van der Waals surface area contributed by atoms with Gasteiger partial charge in [-0.25, -0.2) is 4.39 Å². The van der Waals surface area contributed by atoms with Gasteiger partial charge < -0.3 is 5.11 Å². The van der Waals surface area contributed by atoms with Crippen LogP contribution in [-0.4, -0.2) is 29.2 Å². The summed E-state index contributed by atoms with van der Waals surface area (Å²) in [5.74, 6) is 0.239. The van der Waals surface area contributed by atoms with Crippen molar-refractivity contribution in [3.8, 4) is 0 Å². The van der Waals surface area contributed by atoms with Crippen molar-refractivity contribution in [3.63, 3.8) is 0 Å². The van der Waals surface area contributed by atoms with Gasteiger partial charge in [0.1, 0.15) is 5.82 Å². The number of fused-ring (bicyclic) bond motifs is 1. The number of piperidine rings is 1. The molecular formula is C16H22FNO. The number of rotatable bonds is 1. The normalized spacial score (nSPS) is 32.1. The van der Waals surface area contributed by atoms with Crippen molar-refractivity contribution in [3.05, 3.63) is 35.1 Å². The van der Waals surface area contributed by atoms with Gasteiger partial charge in [0.25, 0.3) is 0 Å². The van der Waals surface area contributed by atoms with Gasteiger partial charge in [-0.3, -0.25) is 4.90 Å². The first-order chi connectivity index (χ1) is 9.15. The number of benzene rings is 1. The molecule has 0 saturated carbocycles. The van der Waals surface area contributed by atoms with E-state index in [9.17, 15) is 9.50 Å². The van der Waals surface area contributed by atoms with Crippen molar-refractivity contribution in [1.29, 1.82) is 0 Å². The molecule has 3 unspecified atom stereocenters. The van der Waals surface area contributed by atoms with Gasteiger partial charge in [-0.1, -0.05) is 13.0 Å². The monoisotopic (exact) mass is 263 g/mol. The summed E-state index contributed by atoms with van der Waals surface area (Å²) in [6.45, 7) is 3.84. The minimum atomic E-state index is -0.243. The Morgan fingerprint density at radius 2 is 2.16 bits per heavy atom. The van der Waals surface area contributed by atoms with E-state index in [0.29, 0.717) is 12.0 Å². The molecule has 1 aromatic carbocycles. The van der Waals surface area contributed by atoms with Gasteiger partial charge in [-0.15, -0.1) is 0 Å². The highest BCUT2D eigenvalue weighted by molar-refractivity contribution is 5.33. The molecule has 0 radical (unpaired) electrons. The van der Waals surface area contributed by atoms with E-state index in [4.69, 9.17) is 0 Å². The van der Waals surface area contributed by atoms with Crippen LogP contribution in [0.25, 0.3) is 0 Å². The number of halogens is 1. The molecule has 1 heterocycles. The molecule has 19 heavy (non-hydrogen) atoms. The largest absolute Gasteiger partial charge is 0.392 e. The number of aryl methyl sites for hydroxylation is 1. The highest BCUT2D eigenvalue weighted by Gasteiger charge is 2.32. The zero-order valence-corrected chi connectivity index (χ0v) is 11.5. The van der Waals surface area contributed by atoms with E-state index in [1.807, 2.05) is 6.07 Å². The topological polar surface area (TPSA) is 23.5 Å². The van der Waals surface area contributed by atoms with Gasteiger partial charge in [0.15, 0.2) is 0 Å². The third-order valence-corrected chi connectivity index (χ3v) is 4.78. The van der Waals surface area contributed by atoms with E-state index in [0.717, 1.165) is 44.3 Å². The van der Waals surface area contributed by atoms with E-state index >= 15 is 0 Å². The number of hydrogen-bond donors (Lipinski definition) is 1. The summed E-state index contributed by atoms with van der Waals surface area (Å²) in [7, 11) is 0. The Morgan fingerprint density at radius 3 is 2.95 bits per heavy atom. The number of aliphatic hydroxyl groups is 1. The molecule has 3 atom stereocenters. The SMILES string of the molecule is CC1CCN(C2CCCc3ccc(F)cc32)CC1O. The smallest absolute Gasteiger partial charge is 0.123 e.